The van der Waals surface area contributed by atoms with Crippen molar-refractivity contribution in [3.8, 4) is 11.3 Å². The van der Waals surface area contributed by atoms with Crippen LogP contribution in [0.2, 0.25) is 0 Å². The molecular weight excluding hydrogens is 448 g/mol. The Bertz CT molecular complexity index is 1090. The third-order valence-corrected chi connectivity index (χ3v) is 6.17. The zero-order valence-electron chi connectivity index (χ0n) is 17.4. The first-order valence-corrected chi connectivity index (χ1v) is 12.6. The zero-order chi connectivity index (χ0) is 22.8. The van der Waals surface area contributed by atoms with Crippen LogP contribution in [0.4, 0.5) is 4.79 Å². The fraction of sp³-hybridized carbons (Fsp3) is 0.273. The van der Waals surface area contributed by atoms with E-state index in [4.69, 9.17) is 9.88 Å². The fourth-order valence-corrected chi connectivity index (χ4v) is 4.67. The fourth-order valence-electron chi connectivity index (χ4n) is 3.06. The summed E-state index contributed by atoms with van der Waals surface area (Å²) in [7, 11) is -3.89. The van der Waals surface area contributed by atoms with E-state index < -0.39 is 22.3 Å². The van der Waals surface area contributed by atoms with Gasteiger partial charge < -0.3 is 10.1 Å². The van der Waals surface area contributed by atoms with Crippen molar-refractivity contribution in [2.45, 2.75) is 31.9 Å². The van der Waals surface area contributed by atoms with Crippen LogP contribution in [0.15, 0.2) is 66.0 Å². The minimum Gasteiger partial charge on any atom is -0.445 e. The number of hydrogen-bond donors (Lipinski definition) is 3. The van der Waals surface area contributed by atoms with Gasteiger partial charge >= 0.3 is 6.09 Å². The van der Waals surface area contributed by atoms with Gasteiger partial charge in [0, 0.05) is 17.5 Å². The van der Waals surface area contributed by atoms with Crippen LogP contribution in [0, 0.1) is 0 Å². The number of carbonyl (C=O) groups is 1. The van der Waals surface area contributed by atoms with E-state index in [0.717, 1.165) is 16.8 Å². The number of nitrogens with two attached hydrogens (primary N) is 1. The maximum atomic E-state index is 11.8. The molecule has 0 aliphatic rings. The molecule has 0 saturated carbocycles. The van der Waals surface area contributed by atoms with Crippen molar-refractivity contribution in [2.75, 3.05) is 6.54 Å². The Balaban J connectivity index is 1.47. The number of amides is 1. The van der Waals surface area contributed by atoms with Gasteiger partial charge in [-0.25, -0.2) is 14.9 Å². The number of ether oxygens (including phenoxy) is 1. The lowest BCUT2D eigenvalue weighted by molar-refractivity contribution is 0.139. The summed E-state index contributed by atoms with van der Waals surface area (Å²) in [5, 5.41) is 10.5. The van der Waals surface area contributed by atoms with Crippen LogP contribution < -0.4 is 15.2 Å². The Labute approximate surface area is 192 Å². The summed E-state index contributed by atoms with van der Waals surface area (Å²) in [6.07, 6.45) is 1.33. The van der Waals surface area contributed by atoms with E-state index in [-0.39, 0.29) is 6.61 Å². The number of nitrogens with zero attached hydrogens (tertiary/aromatic N) is 1. The predicted octanol–water partition coefficient (Wildman–Crippen LogP) is 3.74. The van der Waals surface area contributed by atoms with Gasteiger partial charge in [0.2, 0.25) is 0 Å². The van der Waals surface area contributed by atoms with Gasteiger partial charge in [-0.1, -0.05) is 60.7 Å². The summed E-state index contributed by atoms with van der Waals surface area (Å²) in [6.45, 7) is 0.629. The molecule has 0 radical (unpaired) electrons. The second-order valence-corrected chi connectivity index (χ2v) is 9.35. The Kier molecular flexibility index (Phi) is 8.74. The Morgan fingerprint density at radius 1 is 1.06 bits per heavy atom. The first-order valence-electron chi connectivity index (χ1n) is 10.2. The van der Waals surface area contributed by atoms with Crippen molar-refractivity contribution < 1.29 is 17.9 Å². The highest BCUT2D eigenvalue weighted by Gasteiger charge is 2.20. The number of thiazole rings is 1. The molecule has 0 bridgehead atoms. The van der Waals surface area contributed by atoms with Crippen molar-refractivity contribution in [2.24, 2.45) is 5.14 Å². The quantitative estimate of drug-likeness (QED) is 0.365. The second kappa shape index (κ2) is 11.7. The number of benzene rings is 2. The van der Waals surface area contributed by atoms with Crippen molar-refractivity contribution in [3.05, 3.63) is 76.6 Å². The van der Waals surface area contributed by atoms with Gasteiger partial charge in [-0.15, -0.1) is 11.3 Å². The molecule has 3 rings (SSSR count). The number of nitrogens with one attached hydrogen (secondary N) is 2. The molecule has 4 N–H and O–H groups in total. The number of hydrogen-bond acceptors (Lipinski definition) is 6. The summed E-state index contributed by atoms with van der Waals surface area (Å²) >= 11 is 1.38. The van der Waals surface area contributed by atoms with E-state index in [0.29, 0.717) is 30.8 Å². The van der Waals surface area contributed by atoms with Gasteiger partial charge in [-0.05, 0) is 24.8 Å². The first-order chi connectivity index (χ1) is 15.4. The highest BCUT2D eigenvalue weighted by molar-refractivity contribution is 7.87. The first kappa shape index (κ1) is 23.9. The second-order valence-electron chi connectivity index (χ2n) is 7.14. The highest BCUT2D eigenvalue weighted by Crippen LogP contribution is 2.28. The van der Waals surface area contributed by atoms with E-state index in [1.807, 2.05) is 66.0 Å². The van der Waals surface area contributed by atoms with Crippen LogP contribution in [-0.2, 0) is 21.6 Å². The summed E-state index contributed by atoms with van der Waals surface area (Å²) in [6, 6.07) is 18.6. The number of unbranched alkanes of at least 4 members (excludes halogenated alkanes) is 1. The predicted molar refractivity (Wildman–Crippen MR) is 125 cm³/mol. The summed E-state index contributed by atoms with van der Waals surface area (Å²) < 4.78 is 30.9. The monoisotopic (exact) mass is 474 g/mol. The molecule has 32 heavy (non-hydrogen) atoms. The average molecular weight is 475 g/mol. The van der Waals surface area contributed by atoms with Crippen LogP contribution in [0.5, 0.6) is 0 Å². The standard InChI is InChI=1S/C22H26N4O4S2/c23-32(28,29)26-19(21-25-20(16-31-21)18-11-5-2-6-12-18)13-7-8-14-24-22(27)30-15-17-9-3-1-4-10-17/h1-6,9-12,16,19,26H,7-8,13-15H2,(H,24,27)(H2,23,28,29). The average Bonchev–Trinajstić information content (AvgIpc) is 3.27. The van der Waals surface area contributed by atoms with E-state index in [1.165, 1.54) is 11.3 Å². The van der Waals surface area contributed by atoms with Gasteiger partial charge in [0.15, 0.2) is 0 Å². The van der Waals surface area contributed by atoms with E-state index in [1.54, 1.807) is 0 Å². The summed E-state index contributed by atoms with van der Waals surface area (Å²) in [5.74, 6) is 0. The number of rotatable bonds is 11. The van der Waals surface area contributed by atoms with Crippen molar-refractivity contribution in [1.82, 2.24) is 15.0 Å². The number of aromatic nitrogens is 1. The zero-order valence-corrected chi connectivity index (χ0v) is 19.1. The van der Waals surface area contributed by atoms with E-state index in [2.05, 4.69) is 15.0 Å². The molecule has 0 aliphatic carbocycles. The Hall–Kier alpha value is -2.79. The van der Waals surface area contributed by atoms with E-state index in [9.17, 15) is 13.2 Å². The lowest BCUT2D eigenvalue weighted by atomic mass is 10.1. The largest absolute Gasteiger partial charge is 0.445 e. The molecule has 0 fully saturated rings. The van der Waals surface area contributed by atoms with Gasteiger partial charge in [0.25, 0.3) is 10.2 Å². The lowest BCUT2D eigenvalue weighted by Crippen LogP contribution is -2.34. The molecule has 0 aliphatic heterocycles. The molecule has 170 valence electrons. The maximum Gasteiger partial charge on any atom is 0.407 e. The Morgan fingerprint density at radius 3 is 2.44 bits per heavy atom. The highest BCUT2D eigenvalue weighted by atomic mass is 32.2. The lowest BCUT2D eigenvalue weighted by Gasteiger charge is -2.15. The molecule has 2 aromatic carbocycles. The molecule has 0 spiro atoms. The molecule has 1 atom stereocenters. The SMILES string of the molecule is NS(=O)(=O)NC(CCCCNC(=O)OCc1ccccc1)c1nc(-c2ccccc2)cs1. The van der Waals surface area contributed by atoms with Gasteiger partial charge in [-0.2, -0.15) is 13.1 Å². The van der Waals surface area contributed by atoms with Crippen LogP contribution in [0.25, 0.3) is 11.3 Å². The van der Waals surface area contributed by atoms with Crippen LogP contribution in [0.3, 0.4) is 0 Å². The molecule has 10 heteroatoms. The molecule has 8 nitrogen and oxygen atoms in total. The molecule has 1 unspecified atom stereocenters. The van der Waals surface area contributed by atoms with Crippen molar-refractivity contribution in [3.63, 3.8) is 0 Å². The normalized spacial score (nSPS) is 12.3. The smallest absolute Gasteiger partial charge is 0.407 e. The van der Waals surface area contributed by atoms with Gasteiger partial charge in [-0.3, -0.25) is 0 Å². The van der Waals surface area contributed by atoms with Crippen molar-refractivity contribution >= 4 is 27.6 Å². The third kappa shape index (κ3) is 8.04. The van der Waals surface area contributed by atoms with Gasteiger partial charge in [0.1, 0.15) is 11.6 Å². The topological polar surface area (TPSA) is 123 Å². The summed E-state index contributed by atoms with van der Waals surface area (Å²) in [5.41, 5.74) is 2.66. The van der Waals surface area contributed by atoms with Crippen molar-refractivity contribution in [1.29, 1.82) is 0 Å². The molecule has 1 amide bonds. The van der Waals surface area contributed by atoms with E-state index >= 15 is 0 Å². The summed E-state index contributed by atoms with van der Waals surface area (Å²) in [4.78, 5) is 16.4. The molecular formula is C22H26N4O4S2. The van der Waals surface area contributed by atoms with Crippen LogP contribution in [-0.4, -0.2) is 26.0 Å². The van der Waals surface area contributed by atoms with Crippen LogP contribution >= 0.6 is 11.3 Å². The molecule has 1 heterocycles. The van der Waals surface area contributed by atoms with Crippen LogP contribution in [0.1, 0.15) is 35.9 Å². The molecule has 0 saturated heterocycles. The number of alkyl carbamates (subject to hydrolysis) is 1. The minimum atomic E-state index is -3.89. The molecule has 3 aromatic rings. The van der Waals surface area contributed by atoms with Gasteiger partial charge in [0.05, 0.1) is 11.7 Å². The maximum absolute atomic E-state index is 11.8. The molecule has 1 aromatic heterocycles. The number of carbonyl (C=O) groups excluding carboxylic acids is 1. The minimum absolute atomic E-state index is 0.209. The third-order valence-electron chi connectivity index (χ3n) is 4.60. The Morgan fingerprint density at radius 2 is 1.75 bits per heavy atom.